The molecule has 1 aromatic rings. The fourth-order valence-electron chi connectivity index (χ4n) is 0.776. The van der Waals surface area contributed by atoms with E-state index in [1.807, 2.05) is 44.4 Å². The molecule has 0 N–H and O–H groups in total. The second-order valence-corrected chi connectivity index (χ2v) is 2.44. The van der Waals surface area contributed by atoms with E-state index in [1.165, 1.54) is 11.1 Å². The van der Waals surface area contributed by atoms with Gasteiger partial charge in [-0.3, -0.25) is 0 Å². The average molecular weight is 180 g/mol. The zero-order valence-corrected chi connectivity index (χ0v) is 8.81. The summed E-state index contributed by atoms with van der Waals surface area (Å²) in [5, 5.41) is 1.81. The molecule has 0 fully saturated rings. The fraction of sp³-hybridized carbons (Fsp3) is 0.273. The number of thiol groups is 1. The van der Waals surface area contributed by atoms with Gasteiger partial charge in [0.25, 0.3) is 0 Å². The second-order valence-electron chi connectivity index (χ2n) is 2.18. The number of allylic oxidation sites excluding steroid dienone is 1. The molecule has 0 nitrogen and oxygen atoms in total. The highest BCUT2D eigenvalue weighted by atomic mass is 32.1. The normalized spacial score (nSPS) is 10.2. The van der Waals surface area contributed by atoms with Gasteiger partial charge in [0.05, 0.1) is 0 Å². The van der Waals surface area contributed by atoms with E-state index in [0.29, 0.717) is 0 Å². The van der Waals surface area contributed by atoms with Gasteiger partial charge in [0.1, 0.15) is 0 Å². The Bertz CT molecular complexity index is 224. The van der Waals surface area contributed by atoms with Crippen LogP contribution in [-0.4, -0.2) is 0 Å². The van der Waals surface area contributed by atoms with Crippen LogP contribution in [0.1, 0.15) is 26.3 Å². The molecule has 0 radical (unpaired) electrons. The van der Waals surface area contributed by atoms with E-state index in [9.17, 15) is 0 Å². The third-order valence-electron chi connectivity index (χ3n) is 1.42. The minimum atomic E-state index is 1.20. The Morgan fingerprint density at radius 3 is 2.08 bits per heavy atom. The topological polar surface area (TPSA) is 0 Å². The average Bonchev–Trinajstić information content (AvgIpc) is 2.21. The summed E-state index contributed by atoms with van der Waals surface area (Å²) in [7, 11) is 0. The molecule has 0 aromatic heterocycles. The highest BCUT2D eigenvalue weighted by Gasteiger charge is 1.89. The largest absolute Gasteiger partial charge is 0.151 e. The Hall–Kier alpha value is -0.690. The summed E-state index contributed by atoms with van der Waals surface area (Å²) in [5.74, 6) is 0. The molecule has 1 aromatic carbocycles. The lowest BCUT2D eigenvalue weighted by Crippen LogP contribution is -1.74. The van der Waals surface area contributed by atoms with Gasteiger partial charge in [-0.25, -0.2) is 0 Å². The minimum Gasteiger partial charge on any atom is -0.151 e. The fourth-order valence-corrected chi connectivity index (χ4v) is 0.925. The highest BCUT2D eigenvalue weighted by Crippen LogP contribution is 2.12. The molecule has 1 heteroatoms. The van der Waals surface area contributed by atoms with Crippen LogP contribution >= 0.6 is 12.6 Å². The van der Waals surface area contributed by atoms with Crippen molar-refractivity contribution < 1.29 is 0 Å². The van der Waals surface area contributed by atoms with Crippen LogP contribution in [-0.2, 0) is 0 Å². The van der Waals surface area contributed by atoms with Crippen LogP contribution in [0.15, 0.2) is 35.7 Å². The molecule has 0 aliphatic heterocycles. The van der Waals surface area contributed by atoms with Crippen LogP contribution in [0.3, 0.4) is 0 Å². The van der Waals surface area contributed by atoms with Crippen LogP contribution in [0.5, 0.6) is 0 Å². The zero-order valence-electron chi connectivity index (χ0n) is 7.91. The lowest BCUT2D eigenvalue weighted by molar-refractivity contribution is 1.50. The van der Waals surface area contributed by atoms with Crippen molar-refractivity contribution in [1.29, 1.82) is 0 Å². The first-order valence-corrected chi connectivity index (χ1v) is 4.72. The number of hydrogen-bond donors (Lipinski definition) is 1. The summed E-state index contributed by atoms with van der Waals surface area (Å²) in [4.78, 5) is 0. The SMILES string of the molecule is C/C(=C/S)c1ccccc1.CC. The summed E-state index contributed by atoms with van der Waals surface area (Å²) in [6.45, 7) is 6.04. The van der Waals surface area contributed by atoms with Gasteiger partial charge in [-0.2, -0.15) is 12.6 Å². The van der Waals surface area contributed by atoms with E-state index in [4.69, 9.17) is 0 Å². The maximum absolute atomic E-state index is 4.06. The number of rotatable bonds is 1. The Labute approximate surface area is 80.7 Å². The minimum absolute atomic E-state index is 1.20. The Kier molecular flexibility index (Phi) is 6.58. The van der Waals surface area contributed by atoms with Gasteiger partial charge >= 0.3 is 0 Å². The molecular weight excluding hydrogens is 164 g/mol. The molecule has 12 heavy (non-hydrogen) atoms. The molecule has 1 rings (SSSR count). The van der Waals surface area contributed by atoms with E-state index in [0.717, 1.165) is 0 Å². The lowest BCUT2D eigenvalue weighted by Gasteiger charge is -1.96. The third kappa shape index (κ3) is 3.63. The molecule has 0 aliphatic rings. The molecule has 0 bridgehead atoms. The van der Waals surface area contributed by atoms with Crippen LogP contribution in [0.2, 0.25) is 0 Å². The summed E-state index contributed by atoms with van der Waals surface area (Å²) in [5.41, 5.74) is 2.43. The summed E-state index contributed by atoms with van der Waals surface area (Å²) >= 11 is 4.06. The van der Waals surface area contributed by atoms with Gasteiger partial charge in [-0.05, 0) is 23.5 Å². The van der Waals surface area contributed by atoms with Gasteiger partial charge in [0.15, 0.2) is 0 Å². The van der Waals surface area contributed by atoms with E-state index in [2.05, 4.69) is 24.8 Å². The number of benzene rings is 1. The van der Waals surface area contributed by atoms with Crippen molar-refractivity contribution in [1.82, 2.24) is 0 Å². The molecule has 0 amide bonds. The van der Waals surface area contributed by atoms with Gasteiger partial charge < -0.3 is 0 Å². The first-order valence-electron chi connectivity index (χ1n) is 4.21. The molecule has 0 spiro atoms. The molecule has 66 valence electrons. The van der Waals surface area contributed by atoms with Crippen LogP contribution in [0.4, 0.5) is 0 Å². The van der Waals surface area contributed by atoms with Crippen molar-refractivity contribution in [2.45, 2.75) is 20.8 Å². The molecule has 0 heterocycles. The summed E-state index contributed by atoms with van der Waals surface area (Å²) in [6, 6.07) is 10.2. The van der Waals surface area contributed by atoms with E-state index in [1.54, 1.807) is 0 Å². The van der Waals surface area contributed by atoms with Gasteiger partial charge in [-0.15, -0.1) is 0 Å². The Morgan fingerprint density at radius 1 is 1.17 bits per heavy atom. The Balaban J connectivity index is 0.000000561. The standard InChI is InChI=1S/C9H10S.C2H6/c1-8(7-10)9-5-3-2-4-6-9;1-2/h2-7,10H,1H3;1-2H3/b8-7-;. The van der Waals surface area contributed by atoms with Gasteiger partial charge in [-0.1, -0.05) is 44.2 Å². The van der Waals surface area contributed by atoms with Crippen molar-refractivity contribution in [2.75, 3.05) is 0 Å². The predicted molar refractivity (Wildman–Crippen MR) is 60.4 cm³/mol. The highest BCUT2D eigenvalue weighted by molar-refractivity contribution is 7.83. The Morgan fingerprint density at radius 2 is 1.67 bits per heavy atom. The zero-order chi connectivity index (χ0) is 9.40. The lowest BCUT2D eigenvalue weighted by atomic mass is 10.1. The van der Waals surface area contributed by atoms with Crippen molar-refractivity contribution in [2.24, 2.45) is 0 Å². The second kappa shape index (κ2) is 6.99. The van der Waals surface area contributed by atoms with Gasteiger partial charge in [0, 0.05) is 0 Å². The van der Waals surface area contributed by atoms with Crippen molar-refractivity contribution >= 4 is 18.2 Å². The van der Waals surface area contributed by atoms with Crippen molar-refractivity contribution in [3.8, 4) is 0 Å². The van der Waals surface area contributed by atoms with Crippen LogP contribution in [0, 0.1) is 0 Å². The van der Waals surface area contributed by atoms with E-state index in [-0.39, 0.29) is 0 Å². The molecule has 0 unspecified atom stereocenters. The molecule has 0 saturated heterocycles. The van der Waals surface area contributed by atoms with Gasteiger partial charge in [0.2, 0.25) is 0 Å². The predicted octanol–water partition coefficient (Wildman–Crippen LogP) is 4.00. The summed E-state index contributed by atoms with van der Waals surface area (Å²) in [6.07, 6.45) is 0. The smallest absolute Gasteiger partial charge is 0.0222 e. The monoisotopic (exact) mass is 180 g/mol. The quantitative estimate of drug-likeness (QED) is 0.620. The molecule has 0 aliphatic carbocycles. The molecule has 0 saturated carbocycles. The third-order valence-corrected chi connectivity index (χ3v) is 1.81. The molecular formula is C11H16S. The molecule has 0 atom stereocenters. The van der Waals surface area contributed by atoms with E-state index >= 15 is 0 Å². The maximum Gasteiger partial charge on any atom is -0.0222 e. The first kappa shape index (κ1) is 11.3. The number of hydrogen-bond acceptors (Lipinski definition) is 1. The first-order chi connectivity index (χ1) is 5.84. The maximum atomic E-state index is 4.06. The van der Waals surface area contributed by atoms with Crippen LogP contribution < -0.4 is 0 Å². The van der Waals surface area contributed by atoms with E-state index < -0.39 is 0 Å². The van der Waals surface area contributed by atoms with Crippen molar-refractivity contribution in [3.05, 3.63) is 41.3 Å². The van der Waals surface area contributed by atoms with Crippen molar-refractivity contribution in [3.63, 3.8) is 0 Å². The van der Waals surface area contributed by atoms with Crippen LogP contribution in [0.25, 0.3) is 5.57 Å². The summed E-state index contributed by atoms with van der Waals surface area (Å²) < 4.78 is 0.